The third-order valence-corrected chi connectivity index (χ3v) is 6.98. The lowest BCUT2D eigenvalue weighted by molar-refractivity contribution is -0.139. The molecule has 0 spiro atoms. The zero-order valence-electron chi connectivity index (χ0n) is 12.3. The molecule has 4 heterocycles. The van der Waals surface area contributed by atoms with Crippen molar-refractivity contribution in [2.24, 2.45) is 11.8 Å². The molecule has 3 nitrogen and oxygen atoms in total. The largest absolute Gasteiger partial charge is 0.335 e. The van der Waals surface area contributed by atoms with E-state index in [9.17, 15) is 4.79 Å². The van der Waals surface area contributed by atoms with Crippen molar-refractivity contribution < 1.29 is 4.79 Å². The summed E-state index contributed by atoms with van der Waals surface area (Å²) in [6, 6.07) is 3.75. The maximum atomic E-state index is 13.2. The molecular weight excluding hydrogens is 280 g/mol. The van der Waals surface area contributed by atoms with Crippen molar-refractivity contribution in [1.82, 2.24) is 10.2 Å². The average Bonchev–Trinajstić information content (AvgIpc) is 2.92. The van der Waals surface area contributed by atoms with Gasteiger partial charge in [-0.1, -0.05) is 0 Å². The van der Waals surface area contributed by atoms with Crippen molar-refractivity contribution in [2.75, 3.05) is 6.54 Å². The molecule has 2 saturated heterocycles. The summed E-state index contributed by atoms with van der Waals surface area (Å²) in [4.78, 5) is 16.9. The summed E-state index contributed by atoms with van der Waals surface area (Å²) < 4.78 is 0. The first-order valence-electron chi connectivity index (χ1n) is 8.44. The summed E-state index contributed by atoms with van der Waals surface area (Å²) in [7, 11) is 0. The van der Waals surface area contributed by atoms with E-state index in [0.29, 0.717) is 24.0 Å². The molecule has 5 rings (SSSR count). The zero-order chi connectivity index (χ0) is 14.0. The number of fused-ring (bicyclic) bond motifs is 3. The Morgan fingerprint density at radius 3 is 2.90 bits per heavy atom. The van der Waals surface area contributed by atoms with Gasteiger partial charge in [0.15, 0.2) is 0 Å². The minimum atomic E-state index is 0.255. The standard InChI is InChI=1S/C17H22N2OS/c20-17(13-9-11-3-4-14(13)18-11)19-7-5-15-12(6-8-21-15)16(19)10-1-2-10/h6,8,10-11,13-14,16,18H,1-5,7,9H2. The second-order valence-corrected chi connectivity index (χ2v) is 8.25. The second-order valence-electron chi connectivity index (χ2n) is 7.25. The van der Waals surface area contributed by atoms with Crippen molar-refractivity contribution in [3.8, 4) is 0 Å². The Kier molecular flexibility index (Phi) is 2.75. The lowest BCUT2D eigenvalue weighted by Gasteiger charge is -2.39. The maximum absolute atomic E-state index is 13.2. The van der Waals surface area contributed by atoms with Gasteiger partial charge in [-0.3, -0.25) is 4.79 Å². The highest BCUT2D eigenvalue weighted by Crippen LogP contribution is 2.49. The summed E-state index contributed by atoms with van der Waals surface area (Å²) >= 11 is 1.88. The number of thiophene rings is 1. The zero-order valence-corrected chi connectivity index (χ0v) is 13.1. The Morgan fingerprint density at radius 2 is 2.19 bits per heavy atom. The molecule has 1 aromatic heterocycles. The predicted molar refractivity (Wildman–Crippen MR) is 83.3 cm³/mol. The van der Waals surface area contributed by atoms with E-state index >= 15 is 0 Å². The summed E-state index contributed by atoms with van der Waals surface area (Å²) in [5.41, 5.74) is 1.47. The lowest BCUT2D eigenvalue weighted by Crippen LogP contribution is -2.46. The first-order valence-corrected chi connectivity index (χ1v) is 9.32. The third kappa shape index (κ3) is 1.92. The van der Waals surface area contributed by atoms with Crippen LogP contribution in [-0.4, -0.2) is 29.4 Å². The number of rotatable bonds is 2. The number of carbonyl (C=O) groups is 1. The number of nitrogens with one attached hydrogen (secondary N) is 1. The van der Waals surface area contributed by atoms with Gasteiger partial charge >= 0.3 is 0 Å². The fourth-order valence-corrected chi connectivity index (χ4v) is 5.74. The van der Waals surface area contributed by atoms with Crippen LogP contribution in [0, 0.1) is 11.8 Å². The molecule has 4 heteroatoms. The molecule has 1 N–H and O–H groups in total. The van der Waals surface area contributed by atoms with Crippen LogP contribution in [0.15, 0.2) is 11.4 Å². The summed E-state index contributed by atoms with van der Waals surface area (Å²) in [5.74, 6) is 1.43. The molecule has 21 heavy (non-hydrogen) atoms. The topological polar surface area (TPSA) is 32.3 Å². The Bertz CT molecular complexity index is 579. The quantitative estimate of drug-likeness (QED) is 0.911. The van der Waals surface area contributed by atoms with Crippen LogP contribution in [0.1, 0.15) is 48.6 Å². The smallest absolute Gasteiger partial charge is 0.227 e. The number of nitrogens with zero attached hydrogens (tertiary/aromatic N) is 1. The van der Waals surface area contributed by atoms with E-state index < -0.39 is 0 Å². The van der Waals surface area contributed by atoms with E-state index in [1.807, 2.05) is 11.3 Å². The minimum absolute atomic E-state index is 0.255. The molecule has 0 aromatic carbocycles. The molecule has 1 aliphatic carbocycles. The van der Waals surface area contributed by atoms with Crippen LogP contribution < -0.4 is 5.32 Å². The SMILES string of the molecule is O=C(C1CC2CCC1N2)N1CCc2sccc2C1C1CC1. The van der Waals surface area contributed by atoms with Gasteiger partial charge in [0.2, 0.25) is 5.91 Å². The molecule has 4 unspecified atom stereocenters. The molecule has 1 saturated carbocycles. The second kappa shape index (κ2) is 4.56. The van der Waals surface area contributed by atoms with Gasteiger partial charge in [0.25, 0.3) is 0 Å². The highest BCUT2D eigenvalue weighted by molar-refractivity contribution is 7.10. The van der Waals surface area contributed by atoms with Crippen molar-refractivity contribution in [3.63, 3.8) is 0 Å². The van der Waals surface area contributed by atoms with Gasteiger partial charge in [0.05, 0.1) is 12.0 Å². The van der Waals surface area contributed by atoms with E-state index in [4.69, 9.17) is 0 Å². The van der Waals surface area contributed by atoms with Crippen LogP contribution in [0.3, 0.4) is 0 Å². The summed E-state index contributed by atoms with van der Waals surface area (Å²) in [5, 5.41) is 5.84. The molecule has 112 valence electrons. The van der Waals surface area contributed by atoms with Crippen LogP contribution in [0.2, 0.25) is 0 Å². The predicted octanol–water partition coefficient (Wildman–Crippen LogP) is 2.72. The monoisotopic (exact) mass is 302 g/mol. The molecule has 4 atom stereocenters. The van der Waals surface area contributed by atoms with Crippen LogP contribution in [-0.2, 0) is 11.2 Å². The number of hydrogen-bond donors (Lipinski definition) is 1. The van der Waals surface area contributed by atoms with E-state index in [1.165, 1.54) is 36.1 Å². The molecule has 3 fully saturated rings. The number of carbonyl (C=O) groups excluding carboxylic acids is 1. The molecule has 2 bridgehead atoms. The van der Waals surface area contributed by atoms with Crippen molar-refractivity contribution in [1.29, 1.82) is 0 Å². The minimum Gasteiger partial charge on any atom is -0.335 e. The molecule has 4 aliphatic rings. The van der Waals surface area contributed by atoms with Crippen molar-refractivity contribution >= 4 is 17.2 Å². The van der Waals surface area contributed by atoms with Gasteiger partial charge in [-0.2, -0.15) is 0 Å². The van der Waals surface area contributed by atoms with Gasteiger partial charge in [0.1, 0.15) is 0 Å². The molecule has 1 amide bonds. The van der Waals surface area contributed by atoms with Crippen LogP contribution in [0.25, 0.3) is 0 Å². The van der Waals surface area contributed by atoms with Gasteiger partial charge in [-0.05, 0) is 61.5 Å². The first kappa shape index (κ1) is 12.7. The van der Waals surface area contributed by atoms with Gasteiger partial charge in [-0.15, -0.1) is 11.3 Å². The van der Waals surface area contributed by atoms with E-state index in [-0.39, 0.29) is 5.92 Å². The lowest BCUT2D eigenvalue weighted by atomic mass is 9.86. The Balaban J connectivity index is 1.44. The van der Waals surface area contributed by atoms with Gasteiger partial charge < -0.3 is 10.2 Å². The average molecular weight is 302 g/mol. The summed E-state index contributed by atoms with van der Waals surface area (Å²) in [6.45, 7) is 0.946. The Morgan fingerprint density at radius 1 is 1.29 bits per heavy atom. The number of amides is 1. The normalized spacial score (nSPS) is 37.8. The molecule has 1 aromatic rings. The van der Waals surface area contributed by atoms with E-state index in [1.54, 1.807) is 0 Å². The highest BCUT2D eigenvalue weighted by atomic mass is 32.1. The van der Waals surface area contributed by atoms with Crippen molar-refractivity contribution in [2.45, 2.75) is 56.7 Å². The maximum Gasteiger partial charge on any atom is 0.227 e. The van der Waals surface area contributed by atoms with Crippen LogP contribution >= 0.6 is 11.3 Å². The van der Waals surface area contributed by atoms with Crippen LogP contribution in [0.5, 0.6) is 0 Å². The van der Waals surface area contributed by atoms with Gasteiger partial charge in [-0.25, -0.2) is 0 Å². The van der Waals surface area contributed by atoms with E-state index in [2.05, 4.69) is 21.7 Å². The van der Waals surface area contributed by atoms with Crippen LogP contribution in [0.4, 0.5) is 0 Å². The van der Waals surface area contributed by atoms with E-state index in [0.717, 1.165) is 25.3 Å². The molecule has 3 aliphatic heterocycles. The third-order valence-electron chi connectivity index (χ3n) is 5.98. The summed E-state index contributed by atoms with van der Waals surface area (Å²) in [6.07, 6.45) is 7.23. The van der Waals surface area contributed by atoms with Crippen molar-refractivity contribution in [3.05, 3.63) is 21.9 Å². The first-order chi connectivity index (χ1) is 10.3. The highest BCUT2D eigenvalue weighted by Gasteiger charge is 2.48. The number of hydrogen-bond acceptors (Lipinski definition) is 3. The fourth-order valence-electron chi connectivity index (χ4n) is 4.82. The fraction of sp³-hybridized carbons (Fsp3) is 0.706. The molecule has 0 radical (unpaired) electrons. The Labute approximate surface area is 129 Å². The Hall–Kier alpha value is -0.870. The van der Waals surface area contributed by atoms with Gasteiger partial charge in [0, 0.05) is 23.5 Å². The molecular formula is C17H22N2OS.